The molecule has 124 valence electrons. The average Bonchev–Trinajstić information content (AvgIpc) is 2.51. The summed E-state index contributed by atoms with van der Waals surface area (Å²) in [5, 5.41) is 3.33. The molecular weight excluding hydrogens is 389 g/mol. The monoisotopic (exact) mass is 417 g/mol. The predicted octanol–water partition coefficient (Wildman–Crippen LogP) is 3.68. The molecule has 0 aliphatic rings. The third kappa shape index (κ3) is 7.68. The average molecular weight is 417 g/mol. The van der Waals surface area contributed by atoms with Gasteiger partial charge in [0.15, 0.2) is 5.96 Å². The minimum absolute atomic E-state index is 0. The van der Waals surface area contributed by atoms with E-state index in [1.165, 1.54) is 5.56 Å². The third-order valence-electron chi connectivity index (χ3n) is 3.07. The van der Waals surface area contributed by atoms with Crippen LogP contribution in [0.2, 0.25) is 0 Å². The molecule has 0 radical (unpaired) electrons. The summed E-state index contributed by atoms with van der Waals surface area (Å²) >= 11 is 0. The lowest BCUT2D eigenvalue weighted by atomic mass is 10.2. The van der Waals surface area contributed by atoms with Crippen LogP contribution in [0.1, 0.15) is 25.8 Å². The highest BCUT2D eigenvalue weighted by molar-refractivity contribution is 14.0. The first kappa shape index (κ1) is 20.8. The molecule has 0 saturated carbocycles. The van der Waals surface area contributed by atoms with Crippen molar-refractivity contribution >= 4 is 29.9 Å². The molecule has 1 aromatic rings. The summed E-state index contributed by atoms with van der Waals surface area (Å²) in [5.41, 5.74) is 1.23. The van der Waals surface area contributed by atoms with Crippen molar-refractivity contribution in [1.29, 1.82) is 0 Å². The zero-order chi connectivity index (χ0) is 15.5. The van der Waals surface area contributed by atoms with Crippen LogP contribution in [-0.2, 0) is 6.54 Å². The Morgan fingerprint density at radius 1 is 1.32 bits per heavy atom. The molecule has 0 spiro atoms. The van der Waals surface area contributed by atoms with Crippen LogP contribution >= 0.6 is 24.0 Å². The number of nitrogens with one attached hydrogen (secondary N) is 1. The van der Waals surface area contributed by atoms with Gasteiger partial charge in [0.25, 0.3) is 0 Å². The summed E-state index contributed by atoms with van der Waals surface area (Å²) in [6.45, 7) is 6.61. The Kier molecular flexibility index (Phi) is 11.6. The molecule has 1 N–H and O–H groups in total. The van der Waals surface area contributed by atoms with Crippen molar-refractivity contribution in [2.45, 2.75) is 26.8 Å². The molecule has 4 nitrogen and oxygen atoms in total. The molecule has 0 bridgehead atoms. The summed E-state index contributed by atoms with van der Waals surface area (Å²) in [6, 6.07) is 8.13. The van der Waals surface area contributed by atoms with Gasteiger partial charge in [-0.2, -0.15) is 0 Å². The number of hydrogen-bond donors (Lipinski definition) is 1. The van der Waals surface area contributed by atoms with Crippen LogP contribution < -0.4 is 10.1 Å². The fourth-order valence-corrected chi connectivity index (χ4v) is 1.96. The molecule has 1 rings (SSSR count). The Morgan fingerprint density at radius 3 is 2.55 bits per heavy atom. The summed E-state index contributed by atoms with van der Waals surface area (Å²) < 4.78 is 5.18. The maximum atomic E-state index is 5.18. The normalized spacial score (nSPS) is 11.2. The Hall–Kier alpha value is -1.24. The first-order valence-corrected chi connectivity index (χ1v) is 7.44. The van der Waals surface area contributed by atoms with Crippen LogP contribution in [0.25, 0.3) is 0 Å². The topological polar surface area (TPSA) is 36.9 Å². The van der Waals surface area contributed by atoms with Crippen molar-refractivity contribution in [2.24, 2.45) is 4.99 Å². The number of rotatable bonds is 7. The van der Waals surface area contributed by atoms with Crippen LogP contribution in [0, 0.1) is 0 Å². The van der Waals surface area contributed by atoms with E-state index in [2.05, 4.69) is 53.5 Å². The van der Waals surface area contributed by atoms with Gasteiger partial charge in [-0.1, -0.05) is 24.3 Å². The third-order valence-corrected chi connectivity index (χ3v) is 3.07. The van der Waals surface area contributed by atoms with Crippen molar-refractivity contribution < 1.29 is 4.74 Å². The van der Waals surface area contributed by atoms with Gasteiger partial charge in [0.1, 0.15) is 5.75 Å². The zero-order valence-electron chi connectivity index (χ0n) is 14.0. The van der Waals surface area contributed by atoms with Crippen molar-refractivity contribution in [3.8, 4) is 5.75 Å². The van der Waals surface area contributed by atoms with Crippen LogP contribution in [0.3, 0.4) is 0 Å². The Balaban J connectivity index is 0.00000441. The lowest BCUT2D eigenvalue weighted by Gasteiger charge is -2.22. The number of methoxy groups -OCH3 is 1. The fourth-order valence-electron chi connectivity index (χ4n) is 1.96. The van der Waals surface area contributed by atoms with E-state index in [9.17, 15) is 0 Å². The van der Waals surface area contributed by atoms with Gasteiger partial charge in [-0.3, -0.25) is 4.99 Å². The number of hydrogen-bond acceptors (Lipinski definition) is 2. The van der Waals surface area contributed by atoms with Crippen LogP contribution in [-0.4, -0.2) is 38.1 Å². The highest BCUT2D eigenvalue weighted by Gasteiger charge is 2.06. The smallest absolute Gasteiger partial charge is 0.193 e. The maximum absolute atomic E-state index is 5.18. The van der Waals surface area contributed by atoms with Crippen molar-refractivity contribution in [3.05, 3.63) is 42.0 Å². The molecule has 0 heterocycles. The second-order valence-electron chi connectivity index (χ2n) is 4.80. The first-order chi connectivity index (χ1) is 10.2. The van der Waals surface area contributed by atoms with Crippen molar-refractivity contribution in [3.63, 3.8) is 0 Å². The van der Waals surface area contributed by atoms with Crippen molar-refractivity contribution in [2.75, 3.05) is 27.2 Å². The van der Waals surface area contributed by atoms with Gasteiger partial charge in [-0.25, -0.2) is 0 Å². The van der Waals surface area contributed by atoms with Gasteiger partial charge >= 0.3 is 0 Å². The summed E-state index contributed by atoms with van der Waals surface area (Å²) in [6.07, 6.45) is 5.17. The number of benzene rings is 1. The quantitative estimate of drug-likeness (QED) is 0.242. The van der Waals surface area contributed by atoms with E-state index >= 15 is 0 Å². The molecule has 0 aliphatic carbocycles. The number of nitrogens with zero attached hydrogens (tertiary/aromatic N) is 2. The predicted molar refractivity (Wildman–Crippen MR) is 105 cm³/mol. The minimum atomic E-state index is 0. The van der Waals surface area contributed by atoms with Gasteiger partial charge in [0, 0.05) is 26.7 Å². The minimum Gasteiger partial charge on any atom is -0.497 e. The molecular formula is C17H28IN3O. The van der Waals surface area contributed by atoms with E-state index in [4.69, 9.17) is 4.74 Å². The largest absolute Gasteiger partial charge is 0.497 e. The molecule has 22 heavy (non-hydrogen) atoms. The SMILES string of the molecule is C/C=C/CCN=C(NCC)N(C)Cc1ccc(OC)cc1.I. The summed E-state index contributed by atoms with van der Waals surface area (Å²) in [4.78, 5) is 6.78. The molecule has 0 unspecified atom stereocenters. The Morgan fingerprint density at radius 2 is 2.00 bits per heavy atom. The molecule has 1 aromatic carbocycles. The number of guanidine groups is 1. The second kappa shape index (κ2) is 12.3. The van der Waals surface area contributed by atoms with E-state index in [-0.39, 0.29) is 24.0 Å². The number of ether oxygens (including phenoxy) is 1. The molecule has 0 aromatic heterocycles. The molecule has 0 aliphatic heterocycles. The molecule has 0 amide bonds. The Labute approximate surface area is 151 Å². The highest BCUT2D eigenvalue weighted by atomic mass is 127. The maximum Gasteiger partial charge on any atom is 0.193 e. The Bertz CT molecular complexity index is 457. The van der Waals surface area contributed by atoms with E-state index in [1.807, 2.05) is 19.1 Å². The summed E-state index contributed by atoms with van der Waals surface area (Å²) in [7, 11) is 3.74. The lowest BCUT2D eigenvalue weighted by molar-refractivity contribution is 0.414. The van der Waals surface area contributed by atoms with Gasteiger partial charge < -0.3 is 15.0 Å². The van der Waals surface area contributed by atoms with E-state index < -0.39 is 0 Å². The van der Waals surface area contributed by atoms with Gasteiger partial charge in [-0.05, 0) is 38.0 Å². The lowest BCUT2D eigenvalue weighted by Crippen LogP contribution is -2.38. The van der Waals surface area contributed by atoms with Gasteiger partial charge in [-0.15, -0.1) is 24.0 Å². The summed E-state index contributed by atoms with van der Waals surface area (Å²) in [5.74, 6) is 1.83. The molecule has 5 heteroatoms. The van der Waals surface area contributed by atoms with Crippen LogP contribution in [0.15, 0.2) is 41.4 Å². The van der Waals surface area contributed by atoms with Crippen molar-refractivity contribution in [1.82, 2.24) is 10.2 Å². The first-order valence-electron chi connectivity index (χ1n) is 7.44. The number of aliphatic imine (C=N–C) groups is 1. The van der Waals surface area contributed by atoms with Crippen LogP contribution in [0.5, 0.6) is 5.75 Å². The van der Waals surface area contributed by atoms with E-state index in [0.717, 1.165) is 37.8 Å². The van der Waals surface area contributed by atoms with E-state index in [0.29, 0.717) is 0 Å². The molecule has 0 fully saturated rings. The second-order valence-corrected chi connectivity index (χ2v) is 4.80. The molecule has 0 atom stereocenters. The van der Waals surface area contributed by atoms with Gasteiger partial charge in [0.05, 0.1) is 7.11 Å². The fraction of sp³-hybridized carbons (Fsp3) is 0.471. The highest BCUT2D eigenvalue weighted by Crippen LogP contribution is 2.12. The number of halogens is 1. The van der Waals surface area contributed by atoms with E-state index in [1.54, 1.807) is 7.11 Å². The van der Waals surface area contributed by atoms with Crippen LogP contribution in [0.4, 0.5) is 0 Å². The molecule has 0 saturated heterocycles. The zero-order valence-corrected chi connectivity index (χ0v) is 16.3. The standard InChI is InChI=1S/C17H27N3O.HI/c1-5-7-8-13-19-17(18-6-2)20(3)14-15-9-11-16(21-4)12-10-15;/h5,7,9-12H,6,8,13-14H2,1-4H3,(H,18,19);1H/b7-5+;. The number of allylic oxidation sites excluding steroid dienone is 1. The van der Waals surface area contributed by atoms with Gasteiger partial charge in [0.2, 0.25) is 0 Å².